The number of hydrogen-bond donors (Lipinski definition) is 0. The molecule has 0 N–H and O–H groups in total. The van der Waals surface area contributed by atoms with E-state index < -0.39 is 0 Å². The molecule has 2 fully saturated rings. The van der Waals surface area contributed by atoms with Gasteiger partial charge in [-0.25, -0.2) is 9.97 Å². The molecule has 53 heavy (non-hydrogen) atoms. The molecule has 0 spiro atoms. The second-order valence-corrected chi connectivity index (χ2v) is 15.5. The molecule has 2 aromatic heterocycles. The van der Waals surface area contributed by atoms with Crippen LogP contribution in [0.3, 0.4) is 0 Å². The van der Waals surface area contributed by atoms with Crippen molar-refractivity contribution in [3.63, 3.8) is 0 Å². The summed E-state index contributed by atoms with van der Waals surface area (Å²) in [5.74, 6) is 4.33. The molecule has 2 aliphatic rings. The first kappa shape index (κ1) is 39.8. The fourth-order valence-electron chi connectivity index (χ4n) is 7.10. The summed E-state index contributed by atoms with van der Waals surface area (Å²) in [6.07, 6.45) is 14.0. The summed E-state index contributed by atoms with van der Waals surface area (Å²) in [5.41, 5.74) is 3.57. The lowest BCUT2D eigenvalue weighted by atomic mass is 9.84. The van der Waals surface area contributed by atoms with Gasteiger partial charge in [0.2, 0.25) is 0 Å². The van der Waals surface area contributed by atoms with Crippen LogP contribution in [0.25, 0.3) is 0 Å². The van der Waals surface area contributed by atoms with Gasteiger partial charge in [0.1, 0.15) is 35.2 Å². The minimum absolute atomic E-state index is 0.0612. The van der Waals surface area contributed by atoms with Gasteiger partial charge in [0.05, 0.1) is 45.3 Å². The van der Waals surface area contributed by atoms with E-state index in [-0.39, 0.29) is 18.0 Å². The zero-order chi connectivity index (χ0) is 38.1. The van der Waals surface area contributed by atoms with E-state index in [9.17, 15) is 4.79 Å². The minimum atomic E-state index is 0.0612. The van der Waals surface area contributed by atoms with Gasteiger partial charge in [-0.2, -0.15) is 10.5 Å². The molecule has 9 nitrogen and oxygen atoms in total. The van der Waals surface area contributed by atoms with Gasteiger partial charge in [0.15, 0.2) is 5.78 Å². The highest BCUT2D eigenvalue weighted by molar-refractivity contribution is 6.32. The van der Waals surface area contributed by atoms with Crippen molar-refractivity contribution in [1.82, 2.24) is 19.5 Å². The van der Waals surface area contributed by atoms with E-state index >= 15 is 0 Å². The van der Waals surface area contributed by atoms with Crippen LogP contribution in [0.2, 0.25) is 10.0 Å². The topological polar surface area (TPSA) is 127 Å². The van der Waals surface area contributed by atoms with Crippen LogP contribution in [0.1, 0.15) is 142 Å². The molecule has 0 unspecified atom stereocenters. The van der Waals surface area contributed by atoms with Gasteiger partial charge < -0.3 is 14.0 Å². The van der Waals surface area contributed by atoms with Crippen LogP contribution in [0.5, 0.6) is 11.5 Å². The fourth-order valence-corrected chi connectivity index (χ4v) is 7.52. The highest BCUT2D eigenvalue weighted by Gasteiger charge is 2.28. The fraction of sp³-hybridized carbons (Fsp3) is 0.476. The molecule has 0 saturated heterocycles. The van der Waals surface area contributed by atoms with Crippen molar-refractivity contribution in [3.8, 4) is 23.6 Å². The Morgan fingerprint density at radius 1 is 0.774 bits per heavy atom. The van der Waals surface area contributed by atoms with E-state index in [1.165, 1.54) is 11.5 Å². The molecule has 278 valence electrons. The Morgan fingerprint density at radius 3 is 1.75 bits per heavy atom. The Labute approximate surface area is 323 Å². The SMILES string of the molecule is CC(C)c1cnc(C(=O)CC2CCC(Oc3ccc(C#N)c(Cl)c3)CC2)cn1.CC(C)c1cnc(C2CCC(Oc3ccc(C#N)c(Cl)c3)CC2)n1C. The number of rotatable bonds is 10. The van der Waals surface area contributed by atoms with E-state index in [2.05, 4.69) is 60.3 Å². The summed E-state index contributed by atoms with van der Waals surface area (Å²) in [7, 11) is 2.12. The number of nitriles is 2. The average molecular weight is 756 g/mol. The summed E-state index contributed by atoms with van der Waals surface area (Å²) in [4.78, 5) is 25.8. The molecular weight excluding hydrogens is 707 g/mol. The van der Waals surface area contributed by atoms with Crippen LogP contribution in [-0.4, -0.2) is 37.5 Å². The van der Waals surface area contributed by atoms with Crippen molar-refractivity contribution >= 4 is 29.0 Å². The third-order valence-electron chi connectivity index (χ3n) is 10.2. The van der Waals surface area contributed by atoms with Crippen LogP contribution in [0, 0.1) is 28.6 Å². The number of hydrogen-bond acceptors (Lipinski definition) is 8. The molecule has 0 aliphatic heterocycles. The summed E-state index contributed by atoms with van der Waals surface area (Å²) in [6.45, 7) is 8.51. The van der Waals surface area contributed by atoms with Gasteiger partial charge in [0, 0.05) is 49.6 Å². The van der Waals surface area contributed by atoms with Gasteiger partial charge in [-0.3, -0.25) is 9.78 Å². The molecule has 4 aromatic rings. The molecule has 11 heteroatoms. The van der Waals surface area contributed by atoms with Crippen molar-refractivity contribution in [1.29, 1.82) is 10.5 Å². The highest BCUT2D eigenvalue weighted by Crippen LogP contribution is 2.36. The molecule has 0 bridgehead atoms. The summed E-state index contributed by atoms with van der Waals surface area (Å²) in [5, 5.41) is 18.7. The number of imidazole rings is 1. The lowest BCUT2D eigenvalue weighted by Crippen LogP contribution is -2.25. The van der Waals surface area contributed by atoms with E-state index in [1.54, 1.807) is 42.7 Å². The second-order valence-electron chi connectivity index (χ2n) is 14.7. The number of carbonyl (C=O) groups is 1. The molecule has 2 heterocycles. The van der Waals surface area contributed by atoms with E-state index in [0.717, 1.165) is 62.8 Å². The van der Waals surface area contributed by atoms with E-state index in [0.29, 0.717) is 62.7 Å². The van der Waals surface area contributed by atoms with Crippen molar-refractivity contribution in [2.24, 2.45) is 13.0 Å². The molecule has 2 aliphatic carbocycles. The number of halogens is 2. The predicted octanol–water partition coefficient (Wildman–Crippen LogP) is 10.5. The van der Waals surface area contributed by atoms with Crippen LogP contribution in [0.15, 0.2) is 55.0 Å². The van der Waals surface area contributed by atoms with Gasteiger partial charge >= 0.3 is 0 Å². The third kappa shape index (κ3) is 10.6. The number of ketones is 1. The largest absolute Gasteiger partial charge is 0.490 e. The highest BCUT2D eigenvalue weighted by atomic mass is 35.5. The number of ether oxygens (including phenoxy) is 2. The number of aromatic nitrogens is 4. The van der Waals surface area contributed by atoms with Gasteiger partial charge in [-0.15, -0.1) is 0 Å². The zero-order valence-corrected chi connectivity index (χ0v) is 32.7. The first-order valence-corrected chi connectivity index (χ1v) is 19.3. The molecule has 2 aromatic carbocycles. The van der Waals surface area contributed by atoms with Crippen molar-refractivity contribution in [2.45, 2.75) is 115 Å². The van der Waals surface area contributed by atoms with Crippen molar-refractivity contribution in [3.05, 3.63) is 99.1 Å². The molecule has 2 saturated carbocycles. The van der Waals surface area contributed by atoms with Gasteiger partial charge in [-0.1, -0.05) is 50.9 Å². The average Bonchev–Trinajstić information content (AvgIpc) is 3.54. The summed E-state index contributed by atoms with van der Waals surface area (Å²) in [6, 6.07) is 14.5. The summed E-state index contributed by atoms with van der Waals surface area (Å²) >= 11 is 12.1. The van der Waals surface area contributed by atoms with Crippen molar-refractivity contribution < 1.29 is 14.3 Å². The number of nitrogens with zero attached hydrogens (tertiary/aromatic N) is 6. The van der Waals surface area contributed by atoms with Crippen LogP contribution < -0.4 is 9.47 Å². The Morgan fingerprint density at radius 2 is 1.32 bits per heavy atom. The second kappa shape index (κ2) is 18.5. The van der Waals surface area contributed by atoms with Crippen LogP contribution >= 0.6 is 23.2 Å². The smallest absolute Gasteiger partial charge is 0.183 e. The normalized spacial score (nSPS) is 19.8. The number of carbonyl (C=O) groups excluding carboxylic acids is 1. The molecule has 6 rings (SSSR count). The third-order valence-corrected chi connectivity index (χ3v) is 10.9. The number of benzene rings is 2. The maximum atomic E-state index is 12.5. The molecule has 0 radical (unpaired) electrons. The minimum Gasteiger partial charge on any atom is -0.490 e. The van der Waals surface area contributed by atoms with Gasteiger partial charge in [0.25, 0.3) is 0 Å². The molecular formula is C42H48Cl2N6O3. The van der Waals surface area contributed by atoms with Crippen LogP contribution in [0.4, 0.5) is 0 Å². The lowest BCUT2D eigenvalue weighted by Gasteiger charge is -2.29. The van der Waals surface area contributed by atoms with Crippen molar-refractivity contribution in [2.75, 3.05) is 0 Å². The first-order valence-electron chi connectivity index (χ1n) is 18.5. The zero-order valence-electron chi connectivity index (χ0n) is 31.2. The Bertz CT molecular complexity index is 1930. The Hall–Kier alpha value is -4.44. The molecule has 0 atom stereocenters. The Kier molecular flexibility index (Phi) is 13.9. The maximum Gasteiger partial charge on any atom is 0.183 e. The molecule has 0 amide bonds. The summed E-state index contributed by atoms with van der Waals surface area (Å²) < 4.78 is 14.3. The first-order chi connectivity index (χ1) is 25.4. The van der Waals surface area contributed by atoms with E-state index in [1.807, 2.05) is 18.3 Å². The lowest BCUT2D eigenvalue weighted by molar-refractivity contribution is 0.0897. The maximum absolute atomic E-state index is 12.5. The standard InChI is InChI=1S/C22H24ClN3O2.C20H24ClN3O/c1-14(2)20-12-26-21(13-25-20)22(27)9-15-3-6-17(7-4-15)28-18-8-5-16(11-24)19(23)10-18;1-13(2)19-12-23-20(24(19)3)14-4-7-16(8-5-14)25-17-9-6-15(11-22)18(21)10-17/h5,8,10,12-15,17H,3-4,6-7,9H2,1-2H3;6,9-10,12-14,16H,4-5,7-8H2,1-3H3. The number of Topliss-reactive ketones (excluding diaryl/α,β-unsaturated/α-hetero) is 1. The van der Waals surface area contributed by atoms with Crippen LogP contribution in [-0.2, 0) is 7.05 Å². The quantitative estimate of drug-likeness (QED) is 0.146. The van der Waals surface area contributed by atoms with Gasteiger partial charge in [-0.05, 0) is 93.4 Å². The predicted molar refractivity (Wildman–Crippen MR) is 207 cm³/mol. The monoisotopic (exact) mass is 754 g/mol. The van der Waals surface area contributed by atoms with E-state index in [4.69, 9.17) is 43.2 Å². The Balaban J connectivity index is 0.000000206.